The third-order valence-corrected chi connectivity index (χ3v) is 3.65. The van der Waals surface area contributed by atoms with Gasteiger partial charge in [0, 0.05) is 17.8 Å². The van der Waals surface area contributed by atoms with Crippen LogP contribution in [0.3, 0.4) is 0 Å². The van der Waals surface area contributed by atoms with E-state index in [-0.39, 0.29) is 0 Å². The summed E-state index contributed by atoms with van der Waals surface area (Å²) in [6, 6.07) is 0. The number of nitrogens with one attached hydrogen (secondary N) is 1. The van der Waals surface area contributed by atoms with Gasteiger partial charge >= 0.3 is 0 Å². The fourth-order valence-corrected chi connectivity index (χ4v) is 2.51. The lowest BCUT2D eigenvalue weighted by Crippen LogP contribution is -2.31. The minimum atomic E-state index is 0.298. The van der Waals surface area contributed by atoms with Crippen molar-refractivity contribution in [3.8, 4) is 0 Å². The average Bonchev–Trinajstić information content (AvgIpc) is 2.52. The average molecular weight is 276 g/mol. The van der Waals surface area contributed by atoms with Crippen molar-refractivity contribution in [2.45, 2.75) is 51.4 Å². The van der Waals surface area contributed by atoms with Crippen LogP contribution < -0.4 is 5.32 Å². The molecule has 0 unspecified atom stereocenters. The molecule has 0 radical (unpaired) electrons. The van der Waals surface area contributed by atoms with Gasteiger partial charge in [-0.25, -0.2) is 0 Å². The summed E-state index contributed by atoms with van der Waals surface area (Å²) in [7, 11) is 0. The first-order chi connectivity index (χ1) is 7.34. The van der Waals surface area contributed by atoms with Crippen LogP contribution in [-0.4, -0.2) is 17.8 Å². The van der Waals surface area contributed by atoms with Gasteiger partial charge in [0.25, 0.3) is 0 Å². The molecule has 3 heteroatoms. The molecular formula is C12H22BrNO. The summed E-state index contributed by atoms with van der Waals surface area (Å²) in [6.45, 7) is 0.848. The van der Waals surface area contributed by atoms with Gasteiger partial charge in [-0.05, 0) is 25.7 Å². The van der Waals surface area contributed by atoms with Gasteiger partial charge in [-0.1, -0.05) is 41.6 Å². The molecule has 88 valence electrons. The van der Waals surface area contributed by atoms with Crippen molar-refractivity contribution >= 4 is 21.8 Å². The van der Waals surface area contributed by atoms with E-state index in [0.717, 1.165) is 37.6 Å². The van der Waals surface area contributed by atoms with Crippen molar-refractivity contribution in [2.75, 3.05) is 11.9 Å². The Morgan fingerprint density at radius 3 is 2.40 bits per heavy atom. The third-order valence-electron chi connectivity index (χ3n) is 3.09. The molecule has 1 N–H and O–H groups in total. The largest absolute Gasteiger partial charge is 0.356 e. The Kier molecular flexibility index (Phi) is 7.07. The molecule has 1 amide bonds. The second-order valence-corrected chi connectivity index (χ2v) is 5.17. The molecule has 1 fully saturated rings. The van der Waals surface area contributed by atoms with Crippen LogP contribution in [0, 0.1) is 5.92 Å². The zero-order valence-corrected chi connectivity index (χ0v) is 11.0. The number of unbranched alkanes of at least 4 members (excludes halogenated alkanes) is 1. The lowest BCUT2D eigenvalue weighted by molar-refractivity contribution is -0.125. The van der Waals surface area contributed by atoms with E-state index in [2.05, 4.69) is 21.2 Å². The maximum absolute atomic E-state index is 11.8. The molecule has 0 spiro atoms. The Balaban J connectivity index is 2.14. The van der Waals surface area contributed by atoms with Gasteiger partial charge in [0.05, 0.1) is 0 Å². The van der Waals surface area contributed by atoms with Crippen molar-refractivity contribution < 1.29 is 4.79 Å². The first-order valence-corrected chi connectivity index (χ1v) is 7.30. The zero-order valence-electron chi connectivity index (χ0n) is 9.43. The summed E-state index contributed by atoms with van der Waals surface area (Å²) in [6.07, 6.45) is 9.53. The Hall–Kier alpha value is -0.0500. The van der Waals surface area contributed by atoms with Crippen LogP contribution in [0.4, 0.5) is 0 Å². The standard InChI is InChI=1S/C12H22BrNO/c13-9-5-6-10-14-12(15)11-7-3-1-2-4-8-11/h11H,1-10H2,(H,14,15). The van der Waals surface area contributed by atoms with Gasteiger partial charge in [0.1, 0.15) is 0 Å². The number of halogens is 1. The number of alkyl halides is 1. The van der Waals surface area contributed by atoms with Crippen LogP contribution in [0.2, 0.25) is 0 Å². The second-order valence-electron chi connectivity index (χ2n) is 4.38. The van der Waals surface area contributed by atoms with Crippen LogP contribution >= 0.6 is 15.9 Å². The normalized spacial score (nSPS) is 18.5. The van der Waals surface area contributed by atoms with Crippen LogP contribution in [0.15, 0.2) is 0 Å². The highest BCUT2D eigenvalue weighted by Gasteiger charge is 2.19. The first kappa shape index (κ1) is 13.0. The van der Waals surface area contributed by atoms with E-state index >= 15 is 0 Å². The van der Waals surface area contributed by atoms with Gasteiger partial charge in [-0.3, -0.25) is 4.79 Å². The Bertz CT molecular complexity index is 176. The van der Waals surface area contributed by atoms with Crippen molar-refractivity contribution in [3.05, 3.63) is 0 Å². The highest BCUT2D eigenvalue weighted by molar-refractivity contribution is 9.09. The topological polar surface area (TPSA) is 29.1 Å². The maximum atomic E-state index is 11.8. The van der Waals surface area contributed by atoms with Crippen LogP contribution in [0.1, 0.15) is 51.4 Å². The Morgan fingerprint density at radius 2 is 1.80 bits per heavy atom. The molecule has 2 nitrogen and oxygen atoms in total. The minimum absolute atomic E-state index is 0.298. The van der Waals surface area contributed by atoms with Crippen molar-refractivity contribution in [3.63, 3.8) is 0 Å². The molecule has 1 aliphatic rings. The number of carbonyl (C=O) groups excluding carboxylic acids is 1. The van der Waals surface area contributed by atoms with E-state index < -0.39 is 0 Å². The predicted octanol–water partition coefficient (Wildman–Crippen LogP) is 3.25. The van der Waals surface area contributed by atoms with Gasteiger partial charge in [-0.2, -0.15) is 0 Å². The predicted molar refractivity (Wildman–Crippen MR) is 67.2 cm³/mol. The van der Waals surface area contributed by atoms with Crippen LogP contribution in [0.25, 0.3) is 0 Å². The molecule has 0 aromatic heterocycles. The molecular weight excluding hydrogens is 254 g/mol. The van der Waals surface area contributed by atoms with Crippen LogP contribution in [-0.2, 0) is 4.79 Å². The van der Waals surface area contributed by atoms with Crippen molar-refractivity contribution in [2.24, 2.45) is 5.92 Å². The van der Waals surface area contributed by atoms with E-state index in [1.807, 2.05) is 0 Å². The summed E-state index contributed by atoms with van der Waals surface area (Å²) in [5.41, 5.74) is 0. The van der Waals surface area contributed by atoms with Gasteiger partial charge in [0.15, 0.2) is 0 Å². The fraction of sp³-hybridized carbons (Fsp3) is 0.917. The third kappa shape index (κ3) is 5.55. The van der Waals surface area contributed by atoms with Crippen molar-refractivity contribution in [1.29, 1.82) is 0 Å². The summed E-state index contributed by atoms with van der Waals surface area (Å²) in [5, 5.41) is 4.09. The van der Waals surface area contributed by atoms with Gasteiger partial charge < -0.3 is 5.32 Å². The minimum Gasteiger partial charge on any atom is -0.356 e. The molecule has 0 atom stereocenters. The SMILES string of the molecule is O=C(NCCCCBr)C1CCCCCC1. The molecule has 0 aromatic rings. The summed E-state index contributed by atoms with van der Waals surface area (Å²) >= 11 is 3.39. The molecule has 0 saturated heterocycles. The molecule has 0 aliphatic heterocycles. The number of hydrogen-bond donors (Lipinski definition) is 1. The van der Waals surface area contributed by atoms with E-state index in [9.17, 15) is 4.79 Å². The maximum Gasteiger partial charge on any atom is 0.223 e. The lowest BCUT2D eigenvalue weighted by atomic mass is 9.99. The molecule has 0 bridgehead atoms. The molecule has 1 aliphatic carbocycles. The highest BCUT2D eigenvalue weighted by atomic mass is 79.9. The van der Waals surface area contributed by atoms with E-state index in [1.54, 1.807) is 0 Å². The number of amides is 1. The van der Waals surface area contributed by atoms with Gasteiger partial charge in [0.2, 0.25) is 5.91 Å². The van der Waals surface area contributed by atoms with E-state index in [0.29, 0.717) is 11.8 Å². The Morgan fingerprint density at radius 1 is 1.13 bits per heavy atom. The first-order valence-electron chi connectivity index (χ1n) is 6.18. The monoisotopic (exact) mass is 275 g/mol. The summed E-state index contributed by atoms with van der Waals surface area (Å²) in [5.74, 6) is 0.600. The molecule has 0 aromatic carbocycles. The number of rotatable bonds is 5. The summed E-state index contributed by atoms with van der Waals surface area (Å²) in [4.78, 5) is 11.8. The van der Waals surface area contributed by atoms with E-state index in [4.69, 9.17) is 0 Å². The Labute approximate surface area is 101 Å². The highest BCUT2D eigenvalue weighted by Crippen LogP contribution is 2.22. The zero-order chi connectivity index (χ0) is 10.9. The van der Waals surface area contributed by atoms with Gasteiger partial charge in [-0.15, -0.1) is 0 Å². The molecule has 1 saturated carbocycles. The quantitative estimate of drug-likeness (QED) is 0.466. The second kappa shape index (κ2) is 8.14. The smallest absolute Gasteiger partial charge is 0.223 e. The van der Waals surface area contributed by atoms with Crippen molar-refractivity contribution in [1.82, 2.24) is 5.32 Å². The molecule has 15 heavy (non-hydrogen) atoms. The molecule has 1 rings (SSSR count). The van der Waals surface area contributed by atoms with Crippen LogP contribution in [0.5, 0.6) is 0 Å². The number of carbonyl (C=O) groups is 1. The molecule has 0 heterocycles. The van der Waals surface area contributed by atoms with E-state index in [1.165, 1.54) is 25.7 Å². The lowest BCUT2D eigenvalue weighted by Gasteiger charge is -2.13. The fourth-order valence-electron chi connectivity index (χ4n) is 2.12. The number of hydrogen-bond acceptors (Lipinski definition) is 1. The summed E-state index contributed by atoms with van der Waals surface area (Å²) < 4.78 is 0.